The van der Waals surface area contributed by atoms with Gasteiger partial charge in [-0.25, -0.2) is 0 Å². The highest BCUT2D eigenvalue weighted by Gasteiger charge is 2.30. The van der Waals surface area contributed by atoms with E-state index in [-0.39, 0.29) is 5.75 Å². The van der Waals surface area contributed by atoms with Crippen LogP contribution < -0.4 is 4.74 Å². The number of aliphatic hydroxyl groups is 1. The molecule has 0 aliphatic heterocycles. The molecular weight excluding hydrogens is 293 g/mol. The molecule has 0 aromatic heterocycles. The fourth-order valence-corrected chi connectivity index (χ4v) is 2.40. The Balaban J connectivity index is 1.77. The highest BCUT2D eigenvalue weighted by molar-refractivity contribution is 5.58. The minimum absolute atomic E-state index is 0.279. The number of fused-ring (bicyclic) bond motifs is 1. The van der Waals surface area contributed by atoms with E-state index in [4.69, 9.17) is 4.74 Å². The third-order valence-electron chi connectivity index (χ3n) is 3.55. The van der Waals surface area contributed by atoms with Gasteiger partial charge in [0.2, 0.25) is 0 Å². The van der Waals surface area contributed by atoms with Crippen LogP contribution in [0.3, 0.4) is 0 Å². The fourth-order valence-electron chi connectivity index (χ4n) is 2.40. The first-order valence-electron chi connectivity index (χ1n) is 6.74. The van der Waals surface area contributed by atoms with Crippen molar-refractivity contribution in [3.8, 4) is 5.75 Å². The van der Waals surface area contributed by atoms with Crippen molar-refractivity contribution >= 4 is 6.08 Å². The summed E-state index contributed by atoms with van der Waals surface area (Å²) in [5, 5.41) is 10.3. The van der Waals surface area contributed by atoms with Crippen LogP contribution in [0, 0.1) is 0 Å². The van der Waals surface area contributed by atoms with E-state index < -0.39 is 23.9 Å². The first-order chi connectivity index (χ1) is 10.4. The molecule has 2 nitrogen and oxygen atoms in total. The Morgan fingerprint density at radius 1 is 0.955 bits per heavy atom. The minimum atomic E-state index is -4.37. The predicted molar refractivity (Wildman–Crippen MR) is 76.3 cm³/mol. The van der Waals surface area contributed by atoms with Crippen LogP contribution in [-0.2, 0) is 6.18 Å². The Labute approximate surface area is 125 Å². The van der Waals surface area contributed by atoms with Gasteiger partial charge in [-0.2, -0.15) is 13.2 Å². The molecule has 1 unspecified atom stereocenters. The minimum Gasteiger partial charge on any atom is -0.483 e. The van der Waals surface area contributed by atoms with Crippen molar-refractivity contribution in [2.24, 2.45) is 0 Å². The molecule has 2 aromatic carbocycles. The number of rotatable bonds is 2. The summed E-state index contributed by atoms with van der Waals surface area (Å²) in [6.45, 7) is 0. The van der Waals surface area contributed by atoms with Gasteiger partial charge in [0, 0.05) is 0 Å². The lowest BCUT2D eigenvalue weighted by atomic mass is 9.93. The average Bonchev–Trinajstić information content (AvgIpc) is 2.50. The molecule has 0 spiro atoms. The van der Waals surface area contributed by atoms with Crippen molar-refractivity contribution in [1.82, 2.24) is 0 Å². The maximum atomic E-state index is 12.5. The van der Waals surface area contributed by atoms with Gasteiger partial charge in [-0.3, -0.25) is 0 Å². The second kappa shape index (κ2) is 5.50. The van der Waals surface area contributed by atoms with Crippen LogP contribution in [0.5, 0.6) is 5.75 Å². The van der Waals surface area contributed by atoms with E-state index in [2.05, 4.69) is 0 Å². The lowest BCUT2D eigenvalue weighted by molar-refractivity contribution is -0.137. The average molecular weight is 306 g/mol. The van der Waals surface area contributed by atoms with Crippen LogP contribution in [0.1, 0.15) is 22.8 Å². The molecule has 0 saturated heterocycles. The summed E-state index contributed by atoms with van der Waals surface area (Å²) < 4.78 is 43.1. The van der Waals surface area contributed by atoms with Crippen molar-refractivity contribution in [1.29, 1.82) is 0 Å². The number of ether oxygens (including phenoxy) is 1. The maximum Gasteiger partial charge on any atom is 0.416 e. The van der Waals surface area contributed by atoms with E-state index in [0.717, 1.165) is 23.3 Å². The molecule has 0 fully saturated rings. The van der Waals surface area contributed by atoms with Crippen molar-refractivity contribution in [3.05, 3.63) is 71.3 Å². The summed E-state index contributed by atoms with van der Waals surface area (Å²) in [7, 11) is 0. The zero-order chi connectivity index (χ0) is 15.7. The van der Waals surface area contributed by atoms with Crippen LogP contribution in [-0.4, -0.2) is 11.2 Å². The Morgan fingerprint density at radius 3 is 2.32 bits per heavy atom. The summed E-state index contributed by atoms with van der Waals surface area (Å²) in [4.78, 5) is 0. The fraction of sp³-hybridized carbons (Fsp3) is 0.176. The van der Waals surface area contributed by atoms with E-state index in [1.165, 1.54) is 12.1 Å². The van der Waals surface area contributed by atoms with Crippen LogP contribution in [0.15, 0.2) is 54.6 Å². The van der Waals surface area contributed by atoms with Crippen LogP contribution in [0.25, 0.3) is 6.08 Å². The SMILES string of the molecule is OC1c2ccccc2C=C[C@@H]1Oc1ccc(C(F)(F)F)cc1. The molecule has 0 saturated carbocycles. The summed E-state index contributed by atoms with van der Waals surface area (Å²) in [6, 6.07) is 11.8. The summed E-state index contributed by atoms with van der Waals surface area (Å²) >= 11 is 0. The Hall–Kier alpha value is -2.27. The molecule has 5 heteroatoms. The Bertz CT molecular complexity index is 690. The van der Waals surface area contributed by atoms with Gasteiger partial charge < -0.3 is 9.84 Å². The molecule has 2 atom stereocenters. The summed E-state index contributed by atoms with van der Waals surface area (Å²) in [6.07, 6.45) is -2.33. The second-order valence-corrected chi connectivity index (χ2v) is 5.04. The van der Waals surface area contributed by atoms with Crippen molar-refractivity contribution in [3.63, 3.8) is 0 Å². The van der Waals surface area contributed by atoms with Crippen LogP contribution in [0.2, 0.25) is 0 Å². The standard InChI is InChI=1S/C17H13F3O2/c18-17(19,20)12-6-8-13(9-7-12)22-15-10-5-11-3-1-2-4-14(11)16(15)21/h1-10,15-16,21H/t15-,16?/m0/s1. The predicted octanol–water partition coefficient (Wildman–Crippen LogP) is 4.21. The number of hydrogen-bond donors (Lipinski definition) is 1. The van der Waals surface area contributed by atoms with E-state index in [9.17, 15) is 18.3 Å². The van der Waals surface area contributed by atoms with Gasteiger partial charge in [0.1, 0.15) is 18.0 Å². The number of alkyl halides is 3. The Kier molecular flexibility index (Phi) is 3.66. The number of hydrogen-bond acceptors (Lipinski definition) is 2. The molecule has 0 radical (unpaired) electrons. The lowest BCUT2D eigenvalue weighted by Gasteiger charge is -2.26. The smallest absolute Gasteiger partial charge is 0.416 e. The Morgan fingerprint density at radius 2 is 1.64 bits per heavy atom. The number of halogens is 3. The van der Waals surface area contributed by atoms with Crippen LogP contribution in [0.4, 0.5) is 13.2 Å². The number of aliphatic hydroxyl groups excluding tert-OH is 1. The maximum absolute atomic E-state index is 12.5. The van der Waals surface area contributed by atoms with E-state index in [0.29, 0.717) is 0 Å². The molecular formula is C17H13F3O2. The molecule has 3 rings (SSSR count). The van der Waals surface area contributed by atoms with Gasteiger partial charge in [-0.1, -0.05) is 30.3 Å². The van der Waals surface area contributed by atoms with Crippen molar-refractivity contribution < 1.29 is 23.0 Å². The topological polar surface area (TPSA) is 29.5 Å². The molecule has 1 aliphatic rings. The summed E-state index contributed by atoms with van der Waals surface area (Å²) in [5.41, 5.74) is 0.911. The molecule has 0 amide bonds. The highest BCUT2D eigenvalue weighted by Crippen LogP contribution is 2.33. The van der Waals surface area contributed by atoms with Gasteiger partial charge in [0.15, 0.2) is 0 Å². The number of benzene rings is 2. The highest BCUT2D eigenvalue weighted by atomic mass is 19.4. The van der Waals surface area contributed by atoms with E-state index in [1.54, 1.807) is 12.1 Å². The second-order valence-electron chi connectivity index (χ2n) is 5.04. The zero-order valence-corrected chi connectivity index (χ0v) is 11.4. The van der Waals surface area contributed by atoms with Gasteiger partial charge in [-0.15, -0.1) is 0 Å². The van der Waals surface area contributed by atoms with Gasteiger partial charge >= 0.3 is 6.18 Å². The molecule has 0 bridgehead atoms. The van der Waals surface area contributed by atoms with Crippen molar-refractivity contribution in [2.75, 3.05) is 0 Å². The molecule has 0 heterocycles. The molecule has 114 valence electrons. The third-order valence-corrected chi connectivity index (χ3v) is 3.55. The zero-order valence-electron chi connectivity index (χ0n) is 11.4. The van der Waals surface area contributed by atoms with Gasteiger partial charge in [0.05, 0.1) is 5.56 Å². The molecule has 1 N–H and O–H groups in total. The van der Waals surface area contributed by atoms with Crippen LogP contribution >= 0.6 is 0 Å². The van der Waals surface area contributed by atoms with E-state index >= 15 is 0 Å². The molecule has 1 aliphatic carbocycles. The van der Waals surface area contributed by atoms with Gasteiger partial charge in [-0.05, 0) is 41.5 Å². The summed E-state index contributed by atoms with van der Waals surface area (Å²) in [5.74, 6) is 0.279. The van der Waals surface area contributed by atoms with Gasteiger partial charge in [0.25, 0.3) is 0 Å². The normalized spacial score (nSPS) is 20.5. The third kappa shape index (κ3) is 2.85. The first kappa shape index (κ1) is 14.7. The lowest BCUT2D eigenvalue weighted by Crippen LogP contribution is -2.26. The monoisotopic (exact) mass is 306 g/mol. The quantitative estimate of drug-likeness (QED) is 0.900. The van der Waals surface area contributed by atoms with E-state index in [1.807, 2.05) is 24.3 Å². The largest absolute Gasteiger partial charge is 0.483 e. The first-order valence-corrected chi connectivity index (χ1v) is 6.74. The van der Waals surface area contributed by atoms with Crippen molar-refractivity contribution in [2.45, 2.75) is 18.4 Å². The molecule has 2 aromatic rings. The molecule has 22 heavy (non-hydrogen) atoms.